The van der Waals surface area contributed by atoms with Crippen LogP contribution in [-0.4, -0.2) is 24.8 Å². The molecule has 0 radical (unpaired) electrons. The second kappa shape index (κ2) is 6.38. The van der Waals surface area contributed by atoms with Crippen LogP contribution in [0.4, 0.5) is 0 Å². The number of hydrogen-bond acceptors (Lipinski definition) is 2. The molecule has 3 atom stereocenters. The summed E-state index contributed by atoms with van der Waals surface area (Å²) in [5.41, 5.74) is 0.266. The molecular formula is C16H31NO. The third-order valence-electron chi connectivity index (χ3n) is 4.59. The summed E-state index contributed by atoms with van der Waals surface area (Å²) in [6, 6.07) is 0. The van der Waals surface area contributed by atoms with Crippen LogP contribution in [0.5, 0.6) is 0 Å². The Labute approximate surface area is 113 Å². The van der Waals surface area contributed by atoms with E-state index in [-0.39, 0.29) is 5.54 Å². The Hall–Kier alpha value is -0.0800. The molecule has 2 aliphatic rings. The van der Waals surface area contributed by atoms with Crippen molar-refractivity contribution in [2.75, 3.05) is 13.2 Å². The molecule has 0 bridgehead atoms. The van der Waals surface area contributed by atoms with Gasteiger partial charge >= 0.3 is 0 Å². The molecule has 0 spiro atoms. The van der Waals surface area contributed by atoms with Gasteiger partial charge in [0.15, 0.2) is 0 Å². The predicted octanol–water partition coefficient (Wildman–Crippen LogP) is 3.75. The molecule has 1 heterocycles. The fourth-order valence-corrected chi connectivity index (χ4v) is 3.47. The Morgan fingerprint density at radius 1 is 1.00 bits per heavy atom. The molecule has 2 nitrogen and oxygen atoms in total. The van der Waals surface area contributed by atoms with Crippen LogP contribution in [0.15, 0.2) is 0 Å². The Morgan fingerprint density at radius 2 is 1.78 bits per heavy atom. The summed E-state index contributed by atoms with van der Waals surface area (Å²) in [5.74, 6) is 1.86. The van der Waals surface area contributed by atoms with E-state index in [4.69, 9.17) is 4.74 Å². The normalized spacial score (nSPS) is 33.2. The zero-order valence-corrected chi connectivity index (χ0v) is 12.5. The first kappa shape index (κ1) is 14.3. The van der Waals surface area contributed by atoms with Crippen molar-refractivity contribution >= 4 is 0 Å². The number of ether oxygens (including phenoxy) is 1. The molecule has 0 aromatic rings. The van der Waals surface area contributed by atoms with Gasteiger partial charge in [0.25, 0.3) is 0 Å². The van der Waals surface area contributed by atoms with E-state index in [0.29, 0.717) is 6.10 Å². The van der Waals surface area contributed by atoms with E-state index in [1.54, 1.807) is 0 Å². The summed E-state index contributed by atoms with van der Waals surface area (Å²) in [5, 5.41) is 3.69. The van der Waals surface area contributed by atoms with E-state index in [0.717, 1.165) is 18.4 Å². The highest BCUT2D eigenvalue weighted by molar-refractivity contribution is 4.83. The molecule has 2 heteroatoms. The zero-order valence-electron chi connectivity index (χ0n) is 12.5. The van der Waals surface area contributed by atoms with Gasteiger partial charge < -0.3 is 10.1 Å². The lowest BCUT2D eigenvalue weighted by atomic mass is 9.89. The first-order chi connectivity index (χ1) is 8.54. The lowest BCUT2D eigenvalue weighted by Gasteiger charge is -2.27. The number of rotatable bonds is 5. The lowest BCUT2D eigenvalue weighted by molar-refractivity contribution is 0.0956. The van der Waals surface area contributed by atoms with Gasteiger partial charge in [-0.05, 0) is 71.3 Å². The van der Waals surface area contributed by atoms with Gasteiger partial charge in [-0.3, -0.25) is 0 Å². The maximum absolute atomic E-state index is 5.75. The van der Waals surface area contributed by atoms with Crippen molar-refractivity contribution in [2.45, 2.75) is 77.4 Å². The molecule has 1 aliphatic carbocycles. The summed E-state index contributed by atoms with van der Waals surface area (Å²) in [6.07, 6.45) is 10.2. The quantitative estimate of drug-likeness (QED) is 0.805. The van der Waals surface area contributed by atoms with E-state index < -0.39 is 0 Å². The van der Waals surface area contributed by atoms with Crippen LogP contribution in [0, 0.1) is 11.8 Å². The highest BCUT2D eigenvalue weighted by atomic mass is 16.5. The Bertz CT molecular complexity index is 240. The van der Waals surface area contributed by atoms with Crippen molar-refractivity contribution in [1.29, 1.82) is 0 Å². The Morgan fingerprint density at radius 3 is 2.44 bits per heavy atom. The summed E-state index contributed by atoms with van der Waals surface area (Å²) >= 11 is 0. The van der Waals surface area contributed by atoms with Gasteiger partial charge in [-0.25, -0.2) is 0 Å². The van der Waals surface area contributed by atoms with Crippen molar-refractivity contribution in [3.63, 3.8) is 0 Å². The molecule has 18 heavy (non-hydrogen) atoms. The fraction of sp³-hybridized carbons (Fsp3) is 1.00. The van der Waals surface area contributed by atoms with Crippen LogP contribution in [-0.2, 0) is 4.74 Å². The summed E-state index contributed by atoms with van der Waals surface area (Å²) in [7, 11) is 0. The van der Waals surface area contributed by atoms with Crippen LogP contribution in [0.25, 0.3) is 0 Å². The van der Waals surface area contributed by atoms with Crippen LogP contribution in [0.3, 0.4) is 0 Å². The van der Waals surface area contributed by atoms with E-state index in [1.165, 1.54) is 51.5 Å². The molecule has 0 aromatic carbocycles. The summed E-state index contributed by atoms with van der Waals surface area (Å²) in [6.45, 7) is 9.01. The maximum Gasteiger partial charge on any atom is 0.0576 e. The van der Waals surface area contributed by atoms with Crippen LogP contribution < -0.4 is 5.32 Å². The number of hydrogen-bond donors (Lipinski definition) is 1. The van der Waals surface area contributed by atoms with Gasteiger partial charge in [0, 0.05) is 12.1 Å². The highest BCUT2D eigenvalue weighted by Gasteiger charge is 2.29. The molecule has 0 amide bonds. The zero-order chi connectivity index (χ0) is 13.0. The molecule has 1 aliphatic heterocycles. The topological polar surface area (TPSA) is 21.3 Å². The van der Waals surface area contributed by atoms with Gasteiger partial charge in [-0.2, -0.15) is 0 Å². The standard InChI is InChI=1S/C16H31NO/c1-16(2,3)17-12-14-7-4-6-13(14)9-10-15-8-5-11-18-15/h13-15,17H,4-12H2,1-3H3. The first-order valence-electron chi connectivity index (χ1n) is 7.91. The van der Waals surface area contributed by atoms with Crippen molar-refractivity contribution in [3.8, 4) is 0 Å². The van der Waals surface area contributed by atoms with E-state index in [2.05, 4.69) is 26.1 Å². The molecule has 1 saturated heterocycles. The van der Waals surface area contributed by atoms with Gasteiger partial charge in [0.2, 0.25) is 0 Å². The second-order valence-corrected chi connectivity index (χ2v) is 7.29. The van der Waals surface area contributed by atoms with E-state index in [9.17, 15) is 0 Å². The minimum atomic E-state index is 0.266. The van der Waals surface area contributed by atoms with Crippen molar-refractivity contribution in [2.24, 2.45) is 11.8 Å². The van der Waals surface area contributed by atoms with Crippen molar-refractivity contribution < 1.29 is 4.74 Å². The smallest absolute Gasteiger partial charge is 0.0576 e. The van der Waals surface area contributed by atoms with Crippen molar-refractivity contribution in [3.05, 3.63) is 0 Å². The molecule has 2 rings (SSSR count). The largest absolute Gasteiger partial charge is 0.378 e. The van der Waals surface area contributed by atoms with Gasteiger partial charge in [-0.15, -0.1) is 0 Å². The third kappa shape index (κ3) is 4.55. The molecule has 106 valence electrons. The highest BCUT2D eigenvalue weighted by Crippen LogP contribution is 2.36. The van der Waals surface area contributed by atoms with Gasteiger partial charge in [-0.1, -0.05) is 12.8 Å². The van der Waals surface area contributed by atoms with Crippen LogP contribution in [0.2, 0.25) is 0 Å². The SMILES string of the molecule is CC(C)(C)NCC1CCCC1CCC1CCCO1. The molecule has 0 aromatic heterocycles. The fourth-order valence-electron chi connectivity index (χ4n) is 3.47. The number of nitrogens with one attached hydrogen (secondary N) is 1. The van der Waals surface area contributed by atoms with Gasteiger partial charge in [0.1, 0.15) is 0 Å². The van der Waals surface area contributed by atoms with E-state index in [1.807, 2.05) is 0 Å². The monoisotopic (exact) mass is 253 g/mol. The summed E-state index contributed by atoms with van der Waals surface area (Å²) < 4.78 is 5.75. The lowest BCUT2D eigenvalue weighted by Crippen LogP contribution is -2.39. The first-order valence-corrected chi connectivity index (χ1v) is 7.91. The second-order valence-electron chi connectivity index (χ2n) is 7.29. The predicted molar refractivity (Wildman–Crippen MR) is 76.8 cm³/mol. The molecule has 2 fully saturated rings. The minimum Gasteiger partial charge on any atom is -0.378 e. The Kier molecular flexibility index (Phi) is 5.08. The molecular weight excluding hydrogens is 222 g/mol. The molecule has 3 unspecified atom stereocenters. The molecule has 1 N–H and O–H groups in total. The van der Waals surface area contributed by atoms with Crippen molar-refractivity contribution in [1.82, 2.24) is 5.32 Å². The van der Waals surface area contributed by atoms with Crippen LogP contribution >= 0.6 is 0 Å². The average Bonchev–Trinajstić information content (AvgIpc) is 2.94. The van der Waals surface area contributed by atoms with Crippen LogP contribution in [0.1, 0.15) is 65.7 Å². The molecule has 1 saturated carbocycles. The Balaban J connectivity index is 1.69. The average molecular weight is 253 g/mol. The minimum absolute atomic E-state index is 0.266. The maximum atomic E-state index is 5.75. The van der Waals surface area contributed by atoms with Gasteiger partial charge in [0.05, 0.1) is 6.10 Å². The van der Waals surface area contributed by atoms with E-state index >= 15 is 0 Å². The summed E-state index contributed by atoms with van der Waals surface area (Å²) in [4.78, 5) is 0. The third-order valence-corrected chi connectivity index (χ3v) is 4.59.